The number of hydrogen-bond donors (Lipinski definition) is 0. The molecule has 0 N–H and O–H groups in total. The zero-order valence-corrected chi connectivity index (χ0v) is 14.3. The molecule has 4 amide bonds. The van der Waals surface area contributed by atoms with Crippen molar-refractivity contribution in [3.05, 3.63) is 30.3 Å². The average Bonchev–Trinajstić information content (AvgIpc) is 2.44. The molecule has 0 saturated carbocycles. The third kappa shape index (κ3) is 3.12. The standard InChI is InChI=1S/C15H12N2O4.Na/c1-3-9-16-13(19)12(10(2)18)14(20)17(15(16)21)11-7-5-4-6-8-11;/h1,4-8,12H,9H2,2H3;. The Morgan fingerprint density at radius 3 is 2.27 bits per heavy atom. The van der Waals surface area contributed by atoms with Crippen LogP contribution >= 0.6 is 0 Å². The van der Waals surface area contributed by atoms with Gasteiger partial charge in [0.2, 0.25) is 0 Å². The summed E-state index contributed by atoms with van der Waals surface area (Å²) in [5.41, 5.74) is 0.285. The van der Waals surface area contributed by atoms with Crippen LogP contribution < -0.4 is 4.90 Å². The van der Waals surface area contributed by atoms with Crippen molar-refractivity contribution in [3.63, 3.8) is 0 Å². The number of carbonyl (C=O) groups is 4. The number of urea groups is 1. The molecule has 2 rings (SSSR count). The van der Waals surface area contributed by atoms with Crippen LogP contribution in [0.5, 0.6) is 0 Å². The molecule has 0 aliphatic carbocycles. The molecule has 1 fully saturated rings. The number of anilines is 1. The fraction of sp³-hybridized carbons (Fsp3) is 0.200. The van der Waals surface area contributed by atoms with E-state index in [-0.39, 0.29) is 41.8 Å². The van der Waals surface area contributed by atoms with Gasteiger partial charge in [-0.15, -0.1) is 6.42 Å². The van der Waals surface area contributed by atoms with Gasteiger partial charge < -0.3 is 0 Å². The second-order valence-corrected chi connectivity index (χ2v) is 4.46. The van der Waals surface area contributed by atoms with E-state index in [9.17, 15) is 19.2 Å². The van der Waals surface area contributed by atoms with Gasteiger partial charge >= 0.3 is 6.03 Å². The largest absolute Gasteiger partial charge is 0.338 e. The quantitative estimate of drug-likeness (QED) is 0.461. The Hall–Kier alpha value is -1.94. The van der Waals surface area contributed by atoms with Gasteiger partial charge in [-0.3, -0.25) is 19.3 Å². The number of imide groups is 2. The van der Waals surface area contributed by atoms with Crippen LogP contribution in [0.25, 0.3) is 0 Å². The summed E-state index contributed by atoms with van der Waals surface area (Å²) in [6, 6.07) is 7.23. The molecule has 1 aliphatic rings. The minimum absolute atomic E-state index is 0. The monoisotopic (exact) mass is 307 g/mol. The fourth-order valence-electron chi connectivity index (χ4n) is 2.10. The van der Waals surface area contributed by atoms with E-state index in [0.29, 0.717) is 0 Å². The minimum Gasteiger partial charge on any atom is -0.299 e. The summed E-state index contributed by atoms with van der Waals surface area (Å²) in [6.45, 7) is 0.839. The number of barbiturate groups is 1. The van der Waals surface area contributed by atoms with Crippen LogP contribution in [-0.4, -0.2) is 64.6 Å². The van der Waals surface area contributed by atoms with Crippen molar-refractivity contribution in [2.45, 2.75) is 6.92 Å². The van der Waals surface area contributed by atoms with Crippen molar-refractivity contribution in [3.8, 4) is 12.3 Å². The Morgan fingerprint density at radius 1 is 1.18 bits per heavy atom. The summed E-state index contributed by atoms with van der Waals surface area (Å²) in [7, 11) is 0. The van der Waals surface area contributed by atoms with Crippen molar-refractivity contribution in [1.82, 2.24) is 4.90 Å². The third-order valence-corrected chi connectivity index (χ3v) is 3.07. The molecule has 0 bridgehead atoms. The molecule has 22 heavy (non-hydrogen) atoms. The Morgan fingerprint density at radius 2 is 1.77 bits per heavy atom. The van der Waals surface area contributed by atoms with Crippen LogP contribution in [0, 0.1) is 18.3 Å². The molecular formula is C15H12N2NaO4. The van der Waals surface area contributed by atoms with Crippen molar-refractivity contribution < 1.29 is 19.2 Å². The molecule has 6 nitrogen and oxygen atoms in total. The molecule has 1 unspecified atom stereocenters. The maximum atomic E-state index is 12.3. The van der Waals surface area contributed by atoms with Gasteiger partial charge in [-0.1, -0.05) is 24.1 Å². The van der Waals surface area contributed by atoms with E-state index in [1.807, 2.05) is 0 Å². The van der Waals surface area contributed by atoms with Crippen LogP contribution in [0.15, 0.2) is 30.3 Å². The zero-order valence-electron chi connectivity index (χ0n) is 12.3. The average molecular weight is 307 g/mol. The number of rotatable bonds is 3. The number of carbonyl (C=O) groups excluding carboxylic acids is 4. The van der Waals surface area contributed by atoms with E-state index in [1.54, 1.807) is 18.2 Å². The molecule has 0 aromatic heterocycles. The fourth-order valence-corrected chi connectivity index (χ4v) is 2.10. The molecule has 7 heteroatoms. The van der Waals surface area contributed by atoms with Gasteiger partial charge in [-0.2, -0.15) is 0 Å². The molecule has 1 atom stereocenters. The summed E-state index contributed by atoms with van der Waals surface area (Å²) >= 11 is 0. The number of nitrogens with zero attached hydrogens (tertiary/aromatic N) is 2. The minimum atomic E-state index is -1.53. The van der Waals surface area contributed by atoms with Gasteiger partial charge in [0.05, 0.1) is 12.2 Å². The van der Waals surface area contributed by atoms with E-state index in [1.165, 1.54) is 12.1 Å². The second kappa shape index (κ2) is 7.36. The Bertz CT molecular complexity index is 666. The first-order valence-corrected chi connectivity index (χ1v) is 6.17. The van der Waals surface area contributed by atoms with Gasteiger partial charge in [-0.05, 0) is 19.1 Å². The molecule has 1 heterocycles. The number of terminal acetylenes is 1. The summed E-state index contributed by atoms with van der Waals surface area (Å²) in [5.74, 6) is -1.70. The smallest absolute Gasteiger partial charge is 0.299 e. The van der Waals surface area contributed by atoms with E-state index in [0.717, 1.165) is 16.7 Å². The van der Waals surface area contributed by atoms with E-state index in [4.69, 9.17) is 6.42 Å². The third-order valence-electron chi connectivity index (χ3n) is 3.07. The van der Waals surface area contributed by atoms with Crippen LogP contribution in [0.1, 0.15) is 6.92 Å². The summed E-state index contributed by atoms with van der Waals surface area (Å²) in [4.78, 5) is 49.9. The number of ketones is 1. The maximum absolute atomic E-state index is 12.3. The van der Waals surface area contributed by atoms with Crippen LogP contribution in [0.2, 0.25) is 0 Å². The molecule has 1 aromatic carbocycles. The molecule has 0 spiro atoms. The number of benzene rings is 1. The predicted octanol–water partition coefficient (Wildman–Crippen LogP) is 0.439. The Kier molecular flexibility index (Phi) is 6.06. The van der Waals surface area contributed by atoms with E-state index >= 15 is 0 Å². The first kappa shape index (κ1) is 18.1. The number of para-hydroxylation sites is 1. The second-order valence-electron chi connectivity index (χ2n) is 4.46. The predicted molar refractivity (Wildman–Crippen MR) is 79.8 cm³/mol. The summed E-state index contributed by atoms with van der Waals surface area (Å²) in [6.07, 6.45) is 5.14. The van der Waals surface area contributed by atoms with Crippen LogP contribution in [0.4, 0.5) is 10.5 Å². The van der Waals surface area contributed by atoms with Crippen molar-refractivity contribution >= 4 is 58.9 Å². The molecule has 1 aromatic rings. The van der Waals surface area contributed by atoms with Crippen LogP contribution in [0.3, 0.4) is 0 Å². The first-order chi connectivity index (χ1) is 9.99. The van der Waals surface area contributed by atoms with E-state index < -0.39 is 29.5 Å². The molecule has 1 radical (unpaired) electrons. The number of hydrogen-bond acceptors (Lipinski definition) is 4. The van der Waals surface area contributed by atoms with Crippen molar-refractivity contribution in [2.75, 3.05) is 11.4 Å². The Balaban J connectivity index is 0.00000242. The van der Waals surface area contributed by atoms with Crippen LogP contribution in [-0.2, 0) is 14.4 Å². The molecular weight excluding hydrogens is 295 g/mol. The summed E-state index contributed by atoms with van der Waals surface area (Å²) in [5, 5.41) is 0. The topological polar surface area (TPSA) is 74.8 Å². The molecule has 107 valence electrons. The van der Waals surface area contributed by atoms with E-state index in [2.05, 4.69) is 5.92 Å². The van der Waals surface area contributed by atoms with Gasteiger partial charge in [0, 0.05) is 29.6 Å². The van der Waals surface area contributed by atoms with Gasteiger partial charge in [0.15, 0.2) is 11.7 Å². The maximum Gasteiger partial charge on any atom is 0.338 e. The first-order valence-electron chi connectivity index (χ1n) is 6.17. The van der Waals surface area contributed by atoms with Gasteiger partial charge in [-0.25, -0.2) is 9.69 Å². The Labute approximate surface area is 149 Å². The SMILES string of the molecule is C#CCN1C(=O)C(C(C)=O)C(=O)N(c2ccccc2)C1=O.[Na]. The number of Topliss-reactive ketones (excluding diaryl/α,β-unsaturated/α-hetero) is 1. The summed E-state index contributed by atoms with van der Waals surface area (Å²) < 4.78 is 0. The molecule has 1 saturated heterocycles. The van der Waals surface area contributed by atoms with Crippen molar-refractivity contribution in [2.24, 2.45) is 5.92 Å². The molecule has 1 aliphatic heterocycles. The zero-order chi connectivity index (χ0) is 15.6. The van der Waals surface area contributed by atoms with Crippen molar-refractivity contribution in [1.29, 1.82) is 0 Å². The van der Waals surface area contributed by atoms with Gasteiger partial charge in [0.1, 0.15) is 0 Å². The van der Waals surface area contributed by atoms with Gasteiger partial charge in [0.25, 0.3) is 11.8 Å². The number of amides is 4. The normalized spacial score (nSPS) is 17.8.